The van der Waals surface area contributed by atoms with E-state index in [0.717, 1.165) is 0 Å². The summed E-state index contributed by atoms with van der Waals surface area (Å²) in [6.07, 6.45) is 0.782. The fourth-order valence-corrected chi connectivity index (χ4v) is 3.44. The smallest absolute Gasteiger partial charge is 0.260 e. The van der Waals surface area contributed by atoms with E-state index in [1.54, 1.807) is 60.4 Å². The molecule has 0 aromatic heterocycles. The lowest BCUT2D eigenvalue weighted by Gasteiger charge is -2.33. The fraction of sp³-hybridized carbons (Fsp3) is 0.333. The van der Waals surface area contributed by atoms with Crippen LogP contribution in [0.2, 0.25) is 10.0 Å². The second-order valence-corrected chi connectivity index (χ2v) is 7.67. The van der Waals surface area contributed by atoms with Crippen molar-refractivity contribution in [2.24, 2.45) is 0 Å². The Bertz CT molecular complexity index is 834. The number of nitrogens with zero attached hydrogens (tertiary/aromatic N) is 1. The van der Waals surface area contributed by atoms with Crippen LogP contribution in [0.4, 0.5) is 0 Å². The number of hydrogen-bond donors (Lipinski definition) is 1. The molecule has 2 aromatic rings. The molecule has 1 heterocycles. The fourth-order valence-electron chi connectivity index (χ4n) is 3.12. The van der Waals surface area contributed by atoms with Gasteiger partial charge in [-0.3, -0.25) is 9.59 Å². The van der Waals surface area contributed by atoms with Crippen LogP contribution in [0.15, 0.2) is 48.5 Å². The summed E-state index contributed by atoms with van der Waals surface area (Å²) in [5.41, 5.74) is 0.583. The quantitative estimate of drug-likeness (QED) is 0.788. The zero-order chi connectivity index (χ0) is 20.1. The van der Waals surface area contributed by atoms with E-state index in [-0.39, 0.29) is 17.9 Å². The third-order valence-electron chi connectivity index (χ3n) is 4.70. The van der Waals surface area contributed by atoms with Crippen LogP contribution in [0.25, 0.3) is 0 Å². The molecule has 3 rings (SSSR count). The van der Waals surface area contributed by atoms with Crippen molar-refractivity contribution in [3.8, 4) is 5.75 Å². The van der Waals surface area contributed by atoms with Gasteiger partial charge in [0.25, 0.3) is 11.8 Å². The zero-order valence-corrected chi connectivity index (χ0v) is 17.0. The lowest BCUT2D eigenvalue weighted by atomic mass is 10.0. The predicted octanol–water partition coefficient (Wildman–Crippen LogP) is 4.18. The molecule has 1 N–H and O–H groups in total. The number of piperidine rings is 1. The minimum Gasteiger partial charge on any atom is -0.481 e. The Balaban J connectivity index is 1.47. The Labute approximate surface area is 174 Å². The molecule has 1 atom stereocenters. The van der Waals surface area contributed by atoms with E-state index in [1.165, 1.54) is 0 Å². The van der Waals surface area contributed by atoms with Gasteiger partial charge in [-0.25, -0.2) is 0 Å². The molecule has 1 aliphatic rings. The van der Waals surface area contributed by atoms with Crippen LogP contribution in [0.3, 0.4) is 0 Å². The maximum Gasteiger partial charge on any atom is 0.260 e. The van der Waals surface area contributed by atoms with Crippen LogP contribution in [0, 0.1) is 0 Å². The van der Waals surface area contributed by atoms with Crippen molar-refractivity contribution in [3.63, 3.8) is 0 Å². The van der Waals surface area contributed by atoms with Gasteiger partial charge in [0, 0.05) is 34.7 Å². The SMILES string of the molecule is CC(Oc1ccc(Cl)cc1)C(=O)NC1CCN(C(=O)c2cccc(Cl)c2)CC1. The molecule has 1 saturated heterocycles. The first-order chi connectivity index (χ1) is 13.4. The molecule has 0 radical (unpaired) electrons. The average Bonchev–Trinajstić information content (AvgIpc) is 2.69. The largest absolute Gasteiger partial charge is 0.481 e. The van der Waals surface area contributed by atoms with Crippen molar-refractivity contribution in [2.75, 3.05) is 13.1 Å². The summed E-state index contributed by atoms with van der Waals surface area (Å²) in [6.45, 7) is 2.88. The highest BCUT2D eigenvalue weighted by atomic mass is 35.5. The number of rotatable bonds is 5. The summed E-state index contributed by atoms with van der Waals surface area (Å²) in [5.74, 6) is 0.385. The lowest BCUT2D eigenvalue weighted by molar-refractivity contribution is -0.128. The van der Waals surface area contributed by atoms with E-state index in [9.17, 15) is 9.59 Å². The number of hydrogen-bond acceptors (Lipinski definition) is 3. The molecule has 7 heteroatoms. The Hall–Kier alpha value is -2.24. The van der Waals surface area contributed by atoms with Crippen LogP contribution in [-0.4, -0.2) is 41.9 Å². The molecular weight excluding hydrogens is 399 g/mol. The standard InChI is InChI=1S/C21H22Cl2N2O3/c1-14(28-19-7-5-16(22)6-8-19)20(26)24-18-9-11-25(12-10-18)21(27)15-3-2-4-17(23)13-15/h2-8,13-14,18H,9-12H2,1H3,(H,24,26). The highest BCUT2D eigenvalue weighted by Gasteiger charge is 2.26. The molecule has 28 heavy (non-hydrogen) atoms. The van der Waals surface area contributed by atoms with Gasteiger partial charge in [0.15, 0.2) is 6.10 Å². The molecule has 2 amide bonds. The Morgan fingerprint density at radius 2 is 1.75 bits per heavy atom. The molecule has 0 aliphatic carbocycles. The van der Waals surface area contributed by atoms with Gasteiger partial charge in [-0.1, -0.05) is 29.3 Å². The first-order valence-corrected chi connectivity index (χ1v) is 9.95. The van der Waals surface area contributed by atoms with Gasteiger partial charge in [0.2, 0.25) is 0 Å². The molecule has 1 aliphatic heterocycles. The number of carbonyl (C=O) groups is 2. The number of likely N-dealkylation sites (tertiary alicyclic amines) is 1. The maximum absolute atomic E-state index is 12.6. The average molecular weight is 421 g/mol. The highest BCUT2D eigenvalue weighted by molar-refractivity contribution is 6.31. The van der Waals surface area contributed by atoms with Crippen molar-refractivity contribution in [1.29, 1.82) is 0 Å². The van der Waals surface area contributed by atoms with E-state index in [1.807, 2.05) is 0 Å². The Kier molecular flexibility index (Phi) is 6.81. The van der Waals surface area contributed by atoms with Crippen molar-refractivity contribution < 1.29 is 14.3 Å². The second-order valence-electron chi connectivity index (χ2n) is 6.80. The highest BCUT2D eigenvalue weighted by Crippen LogP contribution is 2.19. The first-order valence-electron chi connectivity index (χ1n) is 9.20. The molecule has 148 valence electrons. The van der Waals surface area contributed by atoms with Crippen molar-refractivity contribution in [2.45, 2.75) is 31.9 Å². The third-order valence-corrected chi connectivity index (χ3v) is 5.18. The van der Waals surface area contributed by atoms with Crippen LogP contribution in [0.5, 0.6) is 5.75 Å². The summed E-state index contributed by atoms with van der Waals surface area (Å²) in [7, 11) is 0. The summed E-state index contributed by atoms with van der Waals surface area (Å²) in [5, 5.41) is 4.17. The summed E-state index contributed by atoms with van der Waals surface area (Å²) >= 11 is 11.8. The molecule has 0 spiro atoms. The monoisotopic (exact) mass is 420 g/mol. The maximum atomic E-state index is 12.6. The van der Waals surface area contributed by atoms with Crippen LogP contribution < -0.4 is 10.1 Å². The Morgan fingerprint density at radius 1 is 1.07 bits per heavy atom. The van der Waals surface area contributed by atoms with Gasteiger partial charge in [-0.05, 0) is 62.2 Å². The van der Waals surface area contributed by atoms with E-state index in [2.05, 4.69) is 5.32 Å². The van der Waals surface area contributed by atoms with Crippen LogP contribution in [-0.2, 0) is 4.79 Å². The molecular formula is C21H22Cl2N2O3. The predicted molar refractivity (Wildman–Crippen MR) is 110 cm³/mol. The Morgan fingerprint density at radius 3 is 2.39 bits per heavy atom. The third kappa shape index (κ3) is 5.40. The normalized spacial score (nSPS) is 15.8. The number of nitrogens with one attached hydrogen (secondary N) is 1. The van der Waals surface area contributed by atoms with E-state index in [0.29, 0.717) is 47.3 Å². The zero-order valence-electron chi connectivity index (χ0n) is 15.5. The number of amides is 2. The van der Waals surface area contributed by atoms with E-state index < -0.39 is 6.10 Å². The molecule has 5 nitrogen and oxygen atoms in total. The van der Waals surface area contributed by atoms with Crippen molar-refractivity contribution in [1.82, 2.24) is 10.2 Å². The molecule has 1 fully saturated rings. The number of carbonyl (C=O) groups excluding carboxylic acids is 2. The van der Waals surface area contributed by atoms with Gasteiger partial charge in [-0.15, -0.1) is 0 Å². The van der Waals surface area contributed by atoms with Gasteiger partial charge in [-0.2, -0.15) is 0 Å². The van der Waals surface area contributed by atoms with Gasteiger partial charge in [0.05, 0.1) is 0 Å². The van der Waals surface area contributed by atoms with Crippen molar-refractivity contribution in [3.05, 3.63) is 64.1 Å². The second kappa shape index (κ2) is 9.30. The number of halogens is 2. The first kappa shape index (κ1) is 20.5. The van der Waals surface area contributed by atoms with Crippen molar-refractivity contribution >= 4 is 35.0 Å². The van der Waals surface area contributed by atoms with Crippen LogP contribution >= 0.6 is 23.2 Å². The molecule has 1 unspecified atom stereocenters. The topological polar surface area (TPSA) is 58.6 Å². The number of benzene rings is 2. The summed E-state index contributed by atoms with van der Waals surface area (Å²) < 4.78 is 5.65. The van der Waals surface area contributed by atoms with E-state index in [4.69, 9.17) is 27.9 Å². The lowest BCUT2D eigenvalue weighted by Crippen LogP contribution is -2.49. The van der Waals surface area contributed by atoms with E-state index >= 15 is 0 Å². The summed E-state index contributed by atoms with van der Waals surface area (Å²) in [4.78, 5) is 26.8. The molecule has 0 saturated carbocycles. The summed E-state index contributed by atoms with van der Waals surface area (Å²) in [6, 6.07) is 13.9. The van der Waals surface area contributed by atoms with Gasteiger partial charge < -0.3 is 15.0 Å². The number of ether oxygens (including phenoxy) is 1. The minimum atomic E-state index is -0.618. The molecule has 0 bridgehead atoms. The minimum absolute atomic E-state index is 0.0205. The molecule has 2 aromatic carbocycles. The van der Waals surface area contributed by atoms with Crippen LogP contribution in [0.1, 0.15) is 30.1 Å². The van der Waals surface area contributed by atoms with Gasteiger partial charge in [0.1, 0.15) is 5.75 Å². The van der Waals surface area contributed by atoms with Gasteiger partial charge >= 0.3 is 0 Å².